The molecule has 0 fully saturated rings. The van der Waals surface area contributed by atoms with Gasteiger partial charge in [0.1, 0.15) is 11.5 Å². The summed E-state index contributed by atoms with van der Waals surface area (Å²) in [6.07, 6.45) is 0.686. The van der Waals surface area contributed by atoms with Crippen molar-refractivity contribution >= 4 is 23.0 Å². The second-order valence-electron chi connectivity index (χ2n) is 5.17. The fourth-order valence-electron chi connectivity index (χ4n) is 2.50. The number of aldehydes is 1. The maximum Gasteiger partial charge on any atom is 0.343 e. The first-order valence-corrected chi connectivity index (χ1v) is 7.65. The van der Waals surface area contributed by atoms with E-state index in [0.29, 0.717) is 29.8 Å². The van der Waals surface area contributed by atoms with E-state index in [-0.39, 0.29) is 5.75 Å². The molecule has 0 saturated heterocycles. The highest BCUT2D eigenvalue weighted by Crippen LogP contribution is 2.30. The summed E-state index contributed by atoms with van der Waals surface area (Å²) in [7, 11) is 0. The maximum atomic E-state index is 12.5. The zero-order chi connectivity index (χ0) is 16.9. The third-order valence-electron chi connectivity index (χ3n) is 3.61. The number of carbonyl (C=O) groups excluding carboxylic acids is 2. The average Bonchev–Trinajstić information content (AvgIpc) is 2.62. The Morgan fingerprint density at radius 2 is 1.88 bits per heavy atom. The number of hydrogen-bond acceptors (Lipinski definition) is 4. The molecular formula is C20H16O4. The van der Waals surface area contributed by atoms with E-state index in [2.05, 4.69) is 0 Å². The summed E-state index contributed by atoms with van der Waals surface area (Å²) < 4.78 is 10.9. The largest absolute Gasteiger partial charge is 0.494 e. The zero-order valence-electron chi connectivity index (χ0n) is 13.2. The van der Waals surface area contributed by atoms with Gasteiger partial charge in [-0.1, -0.05) is 36.4 Å². The quantitative estimate of drug-likeness (QED) is 0.400. The highest BCUT2D eigenvalue weighted by molar-refractivity contribution is 6.00. The number of ether oxygens (including phenoxy) is 2. The van der Waals surface area contributed by atoms with Crippen LogP contribution in [-0.4, -0.2) is 18.9 Å². The standard InChI is InChI=1S/C20H16O4/c1-2-23-17-8-5-7-15(12-17)20(22)24-19-16(13-21)11-10-14-6-3-4-9-18(14)19/h3-13H,2H2,1H3. The average molecular weight is 320 g/mol. The molecule has 24 heavy (non-hydrogen) atoms. The van der Waals surface area contributed by atoms with Crippen LogP contribution in [0.2, 0.25) is 0 Å². The molecule has 3 aromatic rings. The number of fused-ring (bicyclic) bond motifs is 1. The molecule has 0 aliphatic carbocycles. The summed E-state index contributed by atoms with van der Waals surface area (Å²) >= 11 is 0. The van der Waals surface area contributed by atoms with Crippen molar-refractivity contribution in [3.63, 3.8) is 0 Å². The Morgan fingerprint density at radius 3 is 2.67 bits per heavy atom. The molecule has 0 unspecified atom stereocenters. The topological polar surface area (TPSA) is 52.6 Å². The third kappa shape index (κ3) is 3.13. The lowest BCUT2D eigenvalue weighted by molar-refractivity contribution is 0.0735. The maximum absolute atomic E-state index is 12.5. The van der Waals surface area contributed by atoms with Gasteiger partial charge in [0.15, 0.2) is 6.29 Å². The molecule has 0 N–H and O–H groups in total. The van der Waals surface area contributed by atoms with Crippen LogP contribution in [0.25, 0.3) is 10.8 Å². The zero-order valence-corrected chi connectivity index (χ0v) is 13.2. The summed E-state index contributed by atoms with van der Waals surface area (Å²) in [5, 5.41) is 1.62. The van der Waals surface area contributed by atoms with Crippen LogP contribution >= 0.6 is 0 Å². The van der Waals surface area contributed by atoms with Crippen LogP contribution in [0.4, 0.5) is 0 Å². The predicted molar refractivity (Wildman–Crippen MR) is 91.9 cm³/mol. The van der Waals surface area contributed by atoms with E-state index >= 15 is 0 Å². The van der Waals surface area contributed by atoms with E-state index < -0.39 is 5.97 Å². The van der Waals surface area contributed by atoms with Crippen molar-refractivity contribution < 1.29 is 19.1 Å². The highest BCUT2D eigenvalue weighted by Gasteiger charge is 2.15. The Bertz CT molecular complexity index is 899. The molecule has 0 aliphatic heterocycles. The Balaban J connectivity index is 1.98. The van der Waals surface area contributed by atoms with Crippen LogP contribution in [0, 0.1) is 0 Å². The van der Waals surface area contributed by atoms with Crippen LogP contribution in [0.1, 0.15) is 27.6 Å². The number of rotatable bonds is 5. The van der Waals surface area contributed by atoms with Crippen LogP contribution in [-0.2, 0) is 0 Å². The molecule has 0 bridgehead atoms. The van der Waals surface area contributed by atoms with Crippen molar-refractivity contribution in [3.8, 4) is 11.5 Å². The lowest BCUT2D eigenvalue weighted by Crippen LogP contribution is -2.10. The Labute approximate surface area is 139 Å². The SMILES string of the molecule is CCOc1cccc(C(=O)Oc2c(C=O)ccc3ccccc23)c1. The molecule has 0 radical (unpaired) electrons. The van der Waals surface area contributed by atoms with Crippen LogP contribution < -0.4 is 9.47 Å². The Kier molecular flexibility index (Phi) is 4.57. The van der Waals surface area contributed by atoms with E-state index in [1.54, 1.807) is 30.3 Å². The van der Waals surface area contributed by atoms with Gasteiger partial charge >= 0.3 is 5.97 Å². The van der Waals surface area contributed by atoms with Crippen molar-refractivity contribution in [2.45, 2.75) is 6.92 Å². The van der Waals surface area contributed by atoms with Gasteiger partial charge in [0.25, 0.3) is 0 Å². The van der Waals surface area contributed by atoms with Gasteiger partial charge in [0, 0.05) is 5.39 Å². The first-order valence-electron chi connectivity index (χ1n) is 7.65. The molecule has 0 amide bonds. The first kappa shape index (κ1) is 15.7. The summed E-state index contributed by atoms with van der Waals surface area (Å²) in [6.45, 7) is 2.38. The molecule has 3 rings (SSSR count). The van der Waals surface area contributed by atoms with Gasteiger partial charge in [0.2, 0.25) is 0 Å². The molecule has 120 valence electrons. The minimum atomic E-state index is -0.531. The van der Waals surface area contributed by atoms with Crippen LogP contribution in [0.5, 0.6) is 11.5 Å². The second-order valence-corrected chi connectivity index (χ2v) is 5.17. The fraction of sp³-hybridized carbons (Fsp3) is 0.100. The Hall–Kier alpha value is -3.14. The van der Waals surface area contributed by atoms with Gasteiger partial charge in [0.05, 0.1) is 17.7 Å². The second kappa shape index (κ2) is 6.96. The number of esters is 1. The molecule has 0 aromatic heterocycles. The van der Waals surface area contributed by atoms with Crippen molar-refractivity contribution in [1.29, 1.82) is 0 Å². The summed E-state index contributed by atoms with van der Waals surface area (Å²) in [5.74, 6) is 0.339. The normalized spacial score (nSPS) is 10.4. The van der Waals surface area contributed by atoms with Gasteiger partial charge in [-0.3, -0.25) is 4.79 Å². The molecule has 0 spiro atoms. The summed E-state index contributed by atoms with van der Waals surface area (Å²) in [4.78, 5) is 23.8. The Morgan fingerprint density at radius 1 is 1.04 bits per heavy atom. The monoisotopic (exact) mass is 320 g/mol. The van der Waals surface area contributed by atoms with Crippen molar-refractivity contribution in [3.05, 3.63) is 71.8 Å². The van der Waals surface area contributed by atoms with Crippen LogP contribution in [0.15, 0.2) is 60.7 Å². The van der Waals surface area contributed by atoms with Crippen LogP contribution in [0.3, 0.4) is 0 Å². The molecular weight excluding hydrogens is 304 g/mol. The number of hydrogen-bond donors (Lipinski definition) is 0. The third-order valence-corrected chi connectivity index (χ3v) is 3.61. The molecule has 0 aliphatic rings. The van der Waals surface area contributed by atoms with E-state index in [1.165, 1.54) is 0 Å². The molecule has 0 heterocycles. The van der Waals surface area contributed by atoms with Crippen molar-refractivity contribution in [2.75, 3.05) is 6.61 Å². The van der Waals surface area contributed by atoms with E-state index in [4.69, 9.17) is 9.47 Å². The molecule has 0 atom stereocenters. The predicted octanol–water partition coefficient (Wildman–Crippen LogP) is 4.27. The lowest BCUT2D eigenvalue weighted by atomic mass is 10.1. The van der Waals surface area contributed by atoms with Gasteiger partial charge in [-0.25, -0.2) is 4.79 Å². The summed E-state index contributed by atoms with van der Waals surface area (Å²) in [5.41, 5.74) is 0.703. The number of benzene rings is 3. The number of carbonyl (C=O) groups is 2. The molecule has 4 heteroatoms. The minimum absolute atomic E-state index is 0.273. The van der Waals surface area contributed by atoms with E-state index in [0.717, 1.165) is 10.8 Å². The van der Waals surface area contributed by atoms with Crippen molar-refractivity contribution in [2.24, 2.45) is 0 Å². The van der Waals surface area contributed by atoms with Gasteiger partial charge in [-0.05, 0) is 36.6 Å². The molecule has 4 nitrogen and oxygen atoms in total. The van der Waals surface area contributed by atoms with Crippen molar-refractivity contribution in [1.82, 2.24) is 0 Å². The van der Waals surface area contributed by atoms with E-state index in [9.17, 15) is 9.59 Å². The molecule has 0 saturated carbocycles. The fourth-order valence-corrected chi connectivity index (χ4v) is 2.50. The minimum Gasteiger partial charge on any atom is -0.494 e. The van der Waals surface area contributed by atoms with E-state index in [1.807, 2.05) is 37.3 Å². The smallest absolute Gasteiger partial charge is 0.343 e. The molecule has 3 aromatic carbocycles. The lowest BCUT2D eigenvalue weighted by Gasteiger charge is -2.11. The summed E-state index contributed by atoms with van der Waals surface area (Å²) in [6, 6.07) is 17.7. The first-order chi connectivity index (χ1) is 11.7. The van der Waals surface area contributed by atoms with Gasteiger partial charge in [-0.15, -0.1) is 0 Å². The van der Waals surface area contributed by atoms with Gasteiger partial charge in [-0.2, -0.15) is 0 Å². The van der Waals surface area contributed by atoms with Gasteiger partial charge < -0.3 is 9.47 Å². The highest BCUT2D eigenvalue weighted by atomic mass is 16.5.